The standard InChI is InChI=1S/C12H20FNO3S/c13-18(15,16)8-11-12(4-6-17-11)3-1-9-2-5-14-10(12)7-9/h9-11,14H,1-8H2. The van der Waals surface area contributed by atoms with Crippen LogP contribution in [0.4, 0.5) is 3.89 Å². The van der Waals surface area contributed by atoms with Crippen molar-refractivity contribution >= 4 is 10.2 Å². The molecule has 104 valence electrons. The van der Waals surface area contributed by atoms with Crippen molar-refractivity contribution in [2.45, 2.75) is 44.2 Å². The smallest absolute Gasteiger partial charge is 0.304 e. The first-order valence-electron chi connectivity index (χ1n) is 6.77. The van der Waals surface area contributed by atoms with Crippen LogP contribution in [0.5, 0.6) is 0 Å². The summed E-state index contributed by atoms with van der Waals surface area (Å²) in [6.45, 7) is 1.55. The van der Waals surface area contributed by atoms with Gasteiger partial charge in [-0.1, -0.05) is 0 Å². The van der Waals surface area contributed by atoms with Crippen LogP contribution in [0, 0.1) is 11.3 Å². The van der Waals surface area contributed by atoms with Crippen LogP contribution in [0.25, 0.3) is 0 Å². The monoisotopic (exact) mass is 277 g/mol. The summed E-state index contributed by atoms with van der Waals surface area (Å²) in [7, 11) is -4.46. The van der Waals surface area contributed by atoms with Crippen LogP contribution in [0.3, 0.4) is 0 Å². The molecular weight excluding hydrogens is 257 g/mol. The summed E-state index contributed by atoms with van der Waals surface area (Å²) in [5.41, 5.74) is -0.157. The van der Waals surface area contributed by atoms with E-state index in [9.17, 15) is 12.3 Å². The summed E-state index contributed by atoms with van der Waals surface area (Å²) < 4.78 is 40.4. The highest BCUT2D eigenvalue weighted by molar-refractivity contribution is 7.86. The van der Waals surface area contributed by atoms with Gasteiger partial charge < -0.3 is 10.1 Å². The van der Waals surface area contributed by atoms with Gasteiger partial charge in [0, 0.05) is 18.1 Å². The Balaban J connectivity index is 1.83. The average Bonchev–Trinajstić information content (AvgIpc) is 2.67. The summed E-state index contributed by atoms with van der Waals surface area (Å²) in [5, 5.41) is 3.50. The summed E-state index contributed by atoms with van der Waals surface area (Å²) in [6, 6.07) is 0.305. The van der Waals surface area contributed by atoms with Crippen LogP contribution in [0.15, 0.2) is 0 Å². The van der Waals surface area contributed by atoms with E-state index in [-0.39, 0.29) is 5.41 Å². The molecule has 3 fully saturated rings. The number of hydrogen-bond donors (Lipinski definition) is 1. The van der Waals surface area contributed by atoms with Crippen molar-refractivity contribution in [3.05, 3.63) is 0 Å². The van der Waals surface area contributed by atoms with E-state index >= 15 is 0 Å². The molecule has 2 heterocycles. The predicted molar refractivity (Wildman–Crippen MR) is 65.4 cm³/mol. The lowest BCUT2D eigenvalue weighted by atomic mass is 9.62. The lowest BCUT2D eigenvalue weighted by molar-refractivity contribution is -0.00431. The molecule has 4 atom stereocenters. The molecule has 2 saturated heterocycles. The second-order valence-electron chi connectivity index (χ2n) is 5.98. The third-order valence-corrected chi connectivity index (χ3v) is 5.80. The Labute approximate surface area is 107 Å². The highest BCUT2D eigenvalue weighted by atomic mass is 32.3. The van der Waals surface area contributed by atoms with Gasteiger partial charge in [0.05, 0.1) is 6.10 Å². The first-order valence-corrected chi connectivity index (χ1v) is 8.32. The number of nitrogens with one attached hydrogen (secondary N) is 1. The molecular formula is C12H20FNO3S. The minimum Gasteiger partial charge on any atom is -0.376 e. The van der Waals surface area contributed by atoms with Crippen LogP contribution in [-0.4, -0.2) is 39.5 Å². The molecule has 0 aromatic rings. The van der Waals surface area contributed by atoms with Gasteiger partial charge in [-0.05, 0) is 44.6 Å². The molecule has 0 aromatic carbocycles. The molecule has 1 aliphatic carbocycles. The number of halogens is 1. The van der Waals surface area contributed by atoms with Gasteiger partial charge in [-0.15, -0.1) is 3.89 Å². The van der Waals surface area contributed by atoms with Gasteiger partial charge in [-0.25, -0.2) is 0 Å². The molecule has 3 rings (SSSR count). The summed E-state index contributed by atoms with van der Waals surface area (Å²) in [6.07, 6.45) is 4.78. The fourth-order valence-corrected chi connectivity index (χ4v) is 4.93. The van der Waals surface area contributed by atoms with Crippen LogP contribution >= 0.6 is 0 Å². The highest BCUT2D eigenvalue weighted by Gasteiger charge is 2.54. The number of ether oxygens (including phenoxy) is 1. The maximum absolute atomic E-state index is 13.0. The SMILES string of the molecule is O=S(=O)(F)CC1OCCC12CCC1CCNC2C1. The Morgan fingerprint density at radius 2 is 2.17 bits per heavy atom. The van der Waals surface area contributed by atoms with Crippen molar-refractivity contribution in [2.24, 2.45) is 11.3 Å². The fourth-order valence-electron chi connectivity index (χ4n) is 4.14. The zero-order valence-corrected chi connectivity index (χ0v) is 11.2. The van der Waals surface area contributed by atoms with E-state index in [0.29, 0.717) is 12.6 Å². The van der Waals surface area contributed by atoms with Crippen molar-refractivity contribution in [3.8, 4) is 0 Å². The molecule has 0 aromatic heterocycles. The summed E-state index contributed by atoms with van der Waals surface area (Å²) >= 11 is 0. The molecule has 1 saturated carbocycles. The first kappa shape index (κ1) is 12.8. The zero-order valence-electron chi connectivity index (χ0n) is 10.4. The van der Waals surface area contributed by atoms with Crippen molar-refractivity contribution in [1.82, 2.24) is 5.32 Å². The molecule has 4 unspecified atom stereocenters. The summed E-state index contributed by atoms with van der Waals surface area (Å²) in [5.74, 6) is 0.278. The maximum Gasteiger partial charge on any atom is 0.304 e. The Morgan fingerprint density at radius 1 is 1.33 bits per heavy atom. The van der Waals surface area contributed by atoms with Gasteiger partial charge in [0.25, 0.3) is 0 Å². The third kappa shape index (κ3) is 2.18. The Hall–Kier alpha value is -0.200. The molecule has 0 amide bonds. The van der Waals surface area contributed by atoms with Crippen LogP contribution in [0.1, 0.15) is 32.1 Å². The molecule has 18 heavy (non-hydrogen) atoms. The van der Waals surface area contributed by atoms with Gasteiger partial charge in [0.15, 0.2) is 0 Å². The molecule has 0 radical (unpaired) electrons. The van der Waals surface area contributed by atoms with E-state index < -0.39 is 22.1 Å². The molecule has 6 heteroatoms. The molecule has 1 spiro atoms. The van der Waals surface area contributed by atoms with E-state index in [2.05, 4.69) is 5.32 Å². The number of piperidine rings is 1. The maximum atomic E-state index is 13.0. The average molecular weight is 277 g/mol. The van der Waals surface area contributed by atoms with Crippen molar-refractivity contribution in [2.75, 3.05) is 18.9 Å². The molecule has 1 N–H and O–H groups in total. The van der Waals surface area contributed by atoms with Crippen LogP contribution in [0.2, 0.25) is 0 Å². The minimum absolute atomic E-state index is 0.157. The second-order valence-corrected chi connectivity index (χ2v) is 7.39. The Morgan fingerprint density at radius 3 is 2.94 bits per heavy atom. The van der Waals surface area contributed by atoms with E-state index in [1.54, 1.807) is 0 Å². The van der Waals surface area contributed by atoms with Crippen LogP contribution in [-0.2, 0) is 15.0 Å². The van der Waals surface area contributed by atoms with E-state index in [4.69, 9.17) is 4.74 Å². The van der Waals surface area contributed by atoms with Crippen LogP contribution < -0.4 is 5.32 Å². The number of fused-ring (bicyclic) bond motifs is 3. The zero-order chi connectivity index (χ0) is 12.8. The third-order valence-electron chi connectivity index (χ3n) is 5.10. The number of hydrogen-bond acceptors (Lipinski definition) is 4. The lowest BCUT2D eigenvalue weighted by Crippen LogP contribution is -2.57. The van der Waals surface area contributed by atoms with E-state index in [1.165, 1.54) is 6.42 Å². The van der Waals surface area contributed by atoms with Gasteiger partial charge in [-0.2, -0.15) is 8.42 Å². The molecule has 3 aliphatic rings. The Bertz CT molecular complexity index is 427. The molecule has 2 bridgehead atoms. The second kappa shape index (κ2) is 4.42. The number of rotatable bonds is 2. The first-order chi connectivity index (χ1) is 8.50. The molecule has 4 nitrogen and oxygen atoms in total. The quantitative estimate of drug-likeness (QED) is 0.771. The largest absolute Gasteiger partial charge is 0.376 e. The predicted octanol–water partition coefficient (Wildman–Crippen LogP) is 1.22. The van der Waals surface area contributed by atoms with Gasteiger partial charge in [-0.3, -0.25) is 0 Å². The van der Waals surface area contributed by atoms with Crippen molar-refractivity contribution < 1.29 is 17.0 Å². The minimum atomic E-state index is -4.46. The van der Waals surface area contributed by atoms with Gasteiger partial charge in [0.1, 0.15) is 5.75 Å². The lowest BCUT2D eigenvalue weighted by Gasteiger charge is -2.49. The van der Waals surface area contributed by atoms with E-state index in [1.807, 2.05) is 0 Å². The summed E-state index contributed by atoms with van der Waals surface area (Å²) in [4.78, 5) is 0. The fraction of sp³-hybridized carbons (Fsp3) is 1.00. The van der Waals surface area contributed by atoms with Gasteiger partial charge >= 0.3 is 10.2 Å². The van der Waals surface area contributed by atoms with Crippen molar-refractivity contribution in [3.63, 3.8) is 0 Å². The Kier molecular flexibility index (Phi) is 3.15. The normalized spacial score (nSPS) is 44.4. The topological polar surface area (TPSA) is 55.4 Å². The molecule has 2 aliphatic heterocycles. The van der Waals surface area contributed by atoms with Crippen molar-refractivity contribution in [1.29, 1.82) is 0 Å². The highest BCUT2D eigenvalue weighted by Crippen LogP contribution is 2.50. The van der Waals surface area contributed by atoms with E-state index in [0.717, 1.165) is 38.1 Å². The van der Waals surface area contributed by atoms with Gasteiger partial charge in [0.2, 0.25) is 0 Å².